The van der Waals surface area contributed by atoms with Crippen molar-refractivity contribution >= 4 is 10.0 Å². The summed E-state index contributed by atoms with van der Waals surface area (Å²) in [5, 5.41) is 4.96. The molecular weight excluding hydrogens is 188 g/mol. The van der Waals surface area contributed by atoms with Crippen LogP contribution in [-0.2, 0) is 16.6 Å². The number of primary sulfonamides is 1. The predicted molar refractivity (Wildman–Crippen MR) is 50.4 cm³/mol. The highest BCUT2D eigenvalue weighted by molar-refractivity contribution is 7.89. The maximum atomic E-state index is 10.9. The van der Waals surface area contributed by atoms with Crippen LogP contribution in [0.2, 0.25) is 0 Å². The lowest BCUT2D eigenvalue weighted by atomic mass is 10.1. The van der Waals surface area contributed by atoms with Crippen molar-refractivity contribution in [3.05, 3.63) is 29.3 Å². The van der Waals surface area contributed by atoms with Crippen molar-refractivity contribution in [2.75, 3.05) is 0 Å². The van der Waals surface area contributed by atoms with Crippen LogP contribution in [0.15, 0.2) is 23.1 Å². The van der Waals surface area contributed by atoms with Gasteiger partial charge in [0, 0.05) is 6.54 Å². The van der Waals surface area contributed by atoms with Crippen molar-refractivity contribution < 1.29 is 8.42 Å². The molecule has 4 N–H and O–H groups in total. The molecular formula is C8H12N2O2S. The summed E-state index contributed by atoms with van der Waals surface area (Å²) >= 11 is 0. The van der Waals surface area contributed by atoms with E-state index in [1.54, 1.807) is 6.07 Å². The van der Waals surface area contributed by atoms with Crippen molar-refractivity contribution in [1.82, 2.24) is 0 Å². The number of nitrogens with two attached hydrogens (primary N) is 2. The second-order valence-electron chi connectivity index (χ2n) is 2.84. The number of rotatable bonds is 2. The molecule has 72 valence electrons. The molecule has 0 amide bonds. The number of sulfonamides is 1. The number of aryl methyl sites for hydroxylation is 1. The normalized spacial score (nSPS) is 11.6. The maximum Gasteiger partial charge on any atom is 0.238 e. The van der Waals surface area contributed by atoms with Crippen molar-refractivity contribution in [3.8, 4) is 0 Å². The lowest BCUT2D eigenvalue weighted by molar-refractivity contribution is 0.597. The number of hydrogen-bond acceptors (Lipinski definition) is 3. The molecule has 0 aromatic heterocycles. The molecule has 0 spiro atoms. The van der Waals surface area contributed by atoms with E-state index in [0.29, 0.717) is 6.54 Å². The molecule has 5 heteroatoms. The summed E-state index contributed by atoms with van der Waals surface area (Å²) in [6.45, 7) is 2.18. The first-order valence-electron chi connectivity index (χ1n) is 3.77. The summed E-state index contributed by atoms with van der Waals surface area (Å²) in [6.07, 6.45) is 0. The van der Waals surface area contributed by atoms with Gasteiger partial charge in [0.2, 0.25) is 10.0 Å². The minimum absolute atomic E-state index is 0.110. The molecule has 0 aliphatic heterocycles. The van der Waals surface area contributed by atoms with E-state index in [9.17, 15) is 8.42 Å². The van der Waals surface area contributed by atoms with Crippen molar-refractivity contribution in [3.63, 3.8) is 0 Å². The highest BCUT2D eigenvalue weighted by Gasteiger charge is 2.08. The number of hydrogen-bond donors (Lipinski definition) is 2. The van der Waals surface area contributed by atoms with E-state index in [0.717, 1.165) is 11.1 Å². The molecule has 0 atom stereocenters. The van der Waals surface area contributed by atoms with Gasteiger partial charge >= 0.3 is 0 Å². The van der Waals surface area contributed by atoms with Crippen LogP contribution in [0, 0.1) is 6.92 Å². The van der Waals surface area contributed by atoms with Crippen LogP contribution in [0.1, 0.15) is 11.1 Å². The summed E-state index contributed by atoms with van der Waals surface area (Å²) in [7, 11) is -3.61. The third kappa shape index (κ3) is 2.27. The quantitative estimate of drug-likeness (QED) is 0.710. The molecule has 0 radical (unpaired) electrons. The molecule has 1 aromatic carbocycles. The van der Waals surface area contributed by atoms with Gasteiger partial charge in [-0.3, -0.25) is 0 Å². The third-order valence-electron chi connectivity index (χ3n) is 1.87. The van der Waals surface area contributed by atoms with Crippen LogP contribution in [-0.4, -0.2) is 8.42 Å². The van der Waals surface area contributed by atoms with E-state index in [1.807, 2.05) is 6.92 Å². The van der Waals surface area contributed by atoms with Gasteiger partial charge < -0.3 is 5.73 Å². The summed E-state index contributed by atoms with van der Waals surface area (Å²) < 4.78 is 21.9. The highest BCUT2D eigenvalue weighted by atomic mass is 32.2. The van der Waals surface area contributed by atoms with Crippen LogP contribution in [0.4, 0.5) is 0 Å². The van der Waals surface area contributed by atoms with E-state index in [4.69, 9.17) is 10.9 Å². The molecule has 0 unspecified atom stereocenters. The van der Waals surface area contributed by atoms with Crippen molar-refractivity contribution in [2.45, 2.75) is 18.4 Å². The highest BCUT2D eigenvalue weighted by Crippen LogP contribution is 2.13. The fraction of sp³-hybridized carbons (Fsp3) is 0.250. The minimum Gasteiger partial charge on any atom is -0.326 e. The van der Waals surface area contributed by atoms with Gasteiger partial charge in [-0.25, -0.2) is 13.6 Å². The Hall–Kier alpha value is -0.910. The second-order valence-corrected chi connectivity index (χ2v) is 4.40. The molecule has 0 saturated carbocycles. The Kier molecular flexibility index (Phi) is 2.70. The maximum absolute atomic E-state index is 10.9. The Morgan fingerprint density at radius 1 is 1.38 bits per heavy atom. The zero-order valence-corrected chi connectivity index (χ0v) is 8.14. The Bertz CT molecular complexity index is 412. The van der Waals surface area contributed by atoms with Crippen LogP contribution in [0.25, 0.3) is 0 Å². The molecule has 0 aliphatic rings. The van der Waals surface area contributed by atoms with Gasteiger partial charge in [0.25, 0.3) is 0 Å². The molecule has 0 fully saturated rings. The van der Waals surface area contributed by atoms with Crippen molar-refractivity contribution in [2.24, 2.45) is 10.9 Å². The molecule has 0 bridgehead atoms. The Labute approximate surface area is 77.6 Å². The summed E-state index contributed by atoms with van der Waals surface area (Å²) in [4.78, 5) is 0.110. The van der Waals surface area contributed by atoms with Gasteiger partial charge in [-0.2, -0.15) is 0 Å². The molecule has 1 aromatic rings. The first kappa shape index (κ1) is 10.2. The molecule has 1 rings (SSSR count). The second kappa shape index (κ2) is 3.45. The molecule has 4 nitrogen and oxygen atoms in total. The van der Waals surface area contributed by atoms with Gasteiger partial charge in [-0.05, 0) is 30.2 Å². The zero-order valence-electron chi connectivity index (χ0n) is 7.32. The van der Waals surface area contributed by atoms with Crippen molar-refractivity contribution in [1.29, 1.82) is 0 Å². The third-order valence-corrected chi connectivity index (χ3v) is 2.78. The van der Waals surface area contributed by atoms with E-state index in [2.05, 4.69) is 0 Å². The summed E-state index contributed by atoms with van der Waals surface area (Å²) in [6, 6.07) is 4.68. The SMILES string of the molecule is Cc1ccc(S(N)(=O)=O)cc1CN. The Morgan fingerprint density at radius 3 is 2.46 bits per heavy atom. The average Bonchev–Trinajstić information content (AvgIpc) is 2.03. The van der Waals surface area contributed by atoms with E-state index in [1.165, 1.54) is 12.1 Å². The molecule has 13 heavy (non-hydrogen) atoms. The molecule has 0 aliphatic carbocycles. The van der Waals surface area contributed by atoms with Gasteiger partial charge in [-0.15, -0.1) is 0 Å². The van der Waals surface area contributed by atoms with Gasteiger partial charge in [0.05, 0.1) is 4.90 Å². The monoisotopic (exact) mass is 200 g/mol. The number of benzene rings is 1. The van der Waals surface area contributed by atoms with Crippen LogP contribution in [0.5, 0.6) is 0 Å². The van der Waals surface area contributed by atoms with Crippen LogP contribution < -0.4 is 10.9 Å². The fourth-order valence-electron chi connectivity index (χ4n) is 1.04. The molecule has 0 heterocycles. The van der Waals surface area contributed by atoms with Gasteiger partial charge in [0.1, 0.15) is 0 Å². The van der Waals surface area contributed by atoms with Gasteiger partial charge in [0.15, 0.2) is 0 Å². The topological polar surface area (TPSA) is 86.2 Å². The van der Waals surface area contributed by atoms with E-state index >= 15 is 0 Å². The largest absolute Gasteiger partial charge is 0.326 e. The first-order chi connectivity index (χ1) is 5.95. The smallest absolute Gasteiger partial charge is 0.238 e. The standard InChI is InChI=1S/C8H12N2O2S/c1-6-2-3-8(13(10,11)12)4-7(6)5-9/h2-4H,5,9H2,1H3,(H2,10,11,12). The molecule has 0 saturated heterocycles. The van der Waals surface area contributed by atoms with E-state index < -0.39 is 10.0 Å². The van der Waals surface area contributed by atoms with Gasteiger partial charge in [-0.1, -0.05) is 6.07 Å². The van der Waals surface area contributed by atoms with E-state index in [-0.39, 0.29) is 4.90 Å². The lowest BCUT2D eigenvalue weighted by Crippen LogP contribution is -2.13. The first-order valence-corrected chi connectivity index (χ1v) is 5.32. The van der Waals surface area contributed by atoms with Crippen LogP contribution >= 0.6 is 0 Å². The Morgan fingerprint density at radius 2 is 2.00 bits per heavy atom. The lowest BCUT2D eigenvalue weighted by Gasteiger charge is -2.04. The average molecular weight is 200 g/mol. The van der Waals surface area contributed by atoms with Crippen LogP contribution in [0.3, 0.4) is 0 Å². The summed E-state index contributed by atoms with van der Waals surface area (Å²) in [5.41, 5.74) is 7.19. The zero-order chi connectivity index (χ0) is 10.1. The summed E-state index contributed by atoms with van der Waals surface area (Å²) in [5.74, 6) is 0. The fourth-order valence-corrected chi connectivity index (χ4v) is 1.61. The Balaban J connectivity index is 3.30. The minimum atomic E-state index is -3.61. The predicted octanol–water partition coefficient (Wildman–Crippen LogP) is 0.101.